The van der Waals surface area contributed by atoms with E-state index >= 15 is 8.78 Å². The number of carboxylic acids is 1. The number of imidazole rings is 1. The Labute approximate surface area is 278 Å². The van der Waals surface area contributed by atoms with Crippen LogP contribution >= 0.6 is 0 Å². The lowest BCUT2D eigenvalue weighted by Gasteiger charge is -2.27. The van der Waals surface area contributed by atoms with Gasteiger partial charge in [0.1, 0.15) is 29.9 Å². The number of carbonyl (C=O) groups is 1. The molecule has 244 valence electrons. The van der Waals surface area contributed by atoms with Crippen molar-refractivity contribution < 1.29 is 32.5 Å². The predicted octanol–water partition coefficient (Wildman–Crippen LogP) is 6.97. The second-order valence-electron chi connectivity index (χ2n) is 11.5. The number of fused-ring (bicyclic) bond motifs is 1. The molecular weight excluding hydrogens is 633 g/mol. The summed E-state index contributed by atoms with van der Waals surface area (Å²) in [5.41, 5.74) is 2.83. The molecule has 1 fully saturated rings. The van der Waals surface area contributed by atoms with E-state index in [-0.39, 0.29) is 53.0 Å². The van der Waals surface area contributed by atoms with Gasteiger partial charge in [-0.15, -0.1) is 0 Å². The number of ether oxygens (including phenoxy) is 2. The van der Waals surface area contributed by atoms with Gasteiger partial charge in [-0.1, -0.05) is 24.0 Å². The van der Waals surface area contributed by atoms with Crippen LogP contribution in [0.15, 0.2) is 91.3 Å². The Bertz CT molecular complexity index is 2260. The molecule has 1 N–H and O–H groups in total. The molecule has 0 saturated carbocycles. The number of halogens is 3. The van der Waals surface area contributed by atoms with Crippen LogP contribution in [0.3, 0.4) is 0 Å². The Kier molecular flexibility index (Phi) is 8.79. The van der Waals surface area contributed by atoms with Crippen molar-refractivity contribution in [1.82, 2.24) is 19.5 Å². The number of nitrogens with zero attached hydrogens (tertiary/aromatic N) is 4. The number of benzene rings is 3. The number of hydrogen-bond acceptors (Lipinski definition) is 6. The van der Waals surface area contributed by atoms with Crippen molar-refractivity contribution in [3.05, 3.63) is 142 Å². The predicted molar refractivity (Wildman–Crippen MR) is 174 cm³/mol. The molecule has 8 nitrogen and oxygen atoms in total. The van der Waals surface area contributed by atoms with Crippen molar-refractivity contribution in [1.29, 1.82) is 0 Å². The average Bonchev–Trinajstić information content (AvgIpc) is 3.42. The molecule has 0 amide bonds. The lowest BCUT2D eigenvalue weighted by molar-refractivity contribution is -0.0589. The van der Waals surface area contributed by atoms with Crippen molar-refractivity contribution >= 4 is 17.0 Å². The molecule has 1 aliphatic heterocycles. The summed E-state index contributed by atoms with van der Waals surface area (Å²) in [4.78, 5) is 24.6. The van der Waals surface area contributed by atoms with Crippen molar-refractivity contribution in [2.75, 3.05) is 6.61 Å². The van der Waals surface area contributed by atoms with Crippen LogP contribution in [0, 0.1) is 29.3 Å². The van der Waals surface area contributed by atoms with Gasteiger partial charge in [0.2, 0.25) is 5.88 Å². The zero-order valence-corrected chi connectivity index (χ0v) is 25.9. The van der Waals surface area contributed by atoms with Gasteiger partial charge in [0.05, 0.1) is 34.9 Å². The van der Waals surface area contributed by atoms with Crippen LogP contribution in [0.1, 0.15) is 44.9 Å². The van der Waals surface area contributed by atoms with Gasteiger partial charge in [0.25, 0.3) is 0 Å². The third kappa shape index (κ3) is 7.00. The van der Waals surface area contributed by atoms with E-state index < -0.39 is 23.4 Å². The van der Waals surface area contributed by atoms with E-state index in [1.807, 2.05) is 4.57 Å². The zero-order valence-electron chi connectivity index (χ0n) is 25.9. The van der Waals surface area contributed by atoms with Crippen LogP contribution in [0.4, 0.5) is 13.2 Å². The summed E-state index contributed by atoms with van der Waals surface area (Å²) in [5.74, 6) is 3.45. The highest BCUT2D eigenvalue weighted by Gasteiger charge is 2.24. The maximum Gasteiger partial charge on any atom is 0.335 e. The quantitative estimate of drug-likeness (QED) is 0.167. The standard InChI is InChI=1S/C38H27F3N4O4/c39-30-15-23(6-7-24-3-2-13-42-20-24)8-9-26(30)22-49-37-5-1-4-33(44-37)29-19-31(40)27(16-32(29)41)18-36-43-34-11-10-25(38(46)47)17-35(34)45(36)21-28-12-14-48-28/h1-5,8-11,13,15-17,19-20,28H,12,14,18,21-22H2,(H,46,47). The smallest absolute Gasteiger partial charge is 0.335 e. The van der Waals surface area contributed by atoms with Gasteiger partial charge in [0.15, 0.2) is 0 Å². The number of aromatic carboxylic acids is 1. The summed E-state index contributed by atoms with van der Waals surface area (Å²) in [6.07, 6.45) is 3.97. The minimum absolute atomic E-state index is 0.0389. The third-order valence-electron chi connectivity index (χ3n) is 8.18. The fraction of sp³-hybridized carbons (Fsp3) is 0.158. The van der Waals surface area contributed by atoms with Gasteiger partial charge in [0, 0.05) is 53.7 Å². The molecule has 3 aromatic carbocycles. The van der Waals surface area contributed by atoms with Gasteiger partial charge in [-0.3, -0.25) is 4.98 Å². The Morgan fingerprint density at radius 2 is 1.76 bits per heavy atom. The molecule has 1 atom stereocenters. The largest absolute Gasteiger partial charge is 0.478 e. The zero-order chi connectivity index (χ0) is 33.9. The molecule has 0 radical (unpaired) electrons. The molecule has 4 heterocycles. The average molecular weight is 661 g/mol. The normalized spacial score (nSPS) is 13.8. The highest BCUT2D eigenvalue weighted by molar-refractivity contribution is 5.92. The van der Waals surface area contributed by atoms with Crippen LogP contribution < -0.4 is 4.74 Å². The van der Waals surface area contributed by atoms with Gasteiger partial charge in [-0.25, -0.2) is 27.9 Å². The third-order valence-corrected chi connectivity index (χ3v) is 8.18. The minimum Gasteiger partial charge on any atom is -0.478 e. The van der Waals surface area contributed by atoms with Gasteiger partial charge >= 0.3 is 5.97 Å². The monoisotopic (exact) mass is 660 g/mol. The Balaban J connectivity index is 1.08. The molecule has 1 unspecified atom stereocenters. The second-order valence-corrected chi connectivity index (χ2v) is 11.5. The summed E-state index contributed by atoms with van der Waals surface area (Å²) < 4.78 is 59.1. The maximum absolute atomic E-state index is 15.6. The van der Waals surface area contributed by atoms with E-state index in [1.54, 1.807) is 54.9 Å². The Morgan fingerprint density at radius 1 is 0.918 bits per heavy atom. The molecule has 3 aromatic heterocycles. The maximum atomic E-state index is 15.6. The number of hydrogen-bond donors (Lipinski definition) is 1. The molecule has 49 heavy (non-hydrogen) atoms. The van der Waals surface area contributed by atoms with Crippen LogP contribution in [0.25, 0.3) is 22.3 Å². The molecule has 0 bridgehead atoms. The van der Waals surface area contributed by atoms with Gasteiger partial charge < -0.3 is 19.1 Å². The van der Waals surface area contributed by atoms with Crippen LogP contribution in [-0.2, 0) is 24.3 Å². The molecule has 1 aliphatic rings. The highest BCUT2D eigenvalue weighted by Crippen LogP contribution is 2.29. The molecular formula is C38H27F3N4O4. The lowest BCUT2D eigenvalue weighted by atomic mass is 10.0. The molecule has 6 aromatic rings. The topological polar surface area (TPSA) is 99.4 Å². The fourth-order valence-corrected chi connectivity index (χ4v) is 5.49. The SMILES string of the molecule is O=C(O)c1ccc2nc(Cc3cc(F)c(-c4cccc(OCc5ccc(C#Cc6cccnc6)cc5F)n4)cc3F)n(CC3CCO3)c2c1. The Morgan fingerprint density at radius 3 is 2.51 bits per heavy atom. The van der Waals surface area contributed by atoms with E-state index in [4.69, 9.17) is 9.47 Å². The fourth-order valence-electron chi connectivity index (χ4n) is 5.49. The first kappa shape index (κ1) is 31.6. The molecule has 0 aliphatic carbocycles. The number of carboxylic acid groups (broad SMARTS) is 1. The summed E-state index contributed by atoms with van der Waals surface area (Å²) >= 11 is 0. The summed E-state index contributed by atoms with van der Waals surface area (Å²) in [7, 11) is 0. The minimum atomic E-state index is -1.08. The second kappa shape index (κ2) is 13.6. The first-order chi connectivity index (χ1) is 23.8. The first-order valence-electron chi connectivity index (χ1n) is 15.4. The van der Waals surface area contributed by atoms with Crippen LogP contribution in [0.2, 0.25) is 0 Å². The van der Waals surface area contributed by atoms with Crippen molar-refractivity contribution in [2.45, 2.75) is 32.1 Å². The molecule has 7 rings (SSSR count). The van der Waals surface area contributed by atoms with E-state index in [0.29, 0.717) is 41.1 Å². The summed E-state index contributed by atoms with van der Waals surface area (Å²) in [6, 6.07) is 19.6. The van der Waals surface area contributed by atoms with Crippen molar-refractivity contribution in [3.8, 4) is 29.0 Å². The Hall–Kier alpha value is -5.99. The van der Waals surface area contributed by atoms with Gasteiger partial charge in [-0.05, 0) is 72.6 Å². The van der Waals surface area contributed by atoms with Crippen molar-refractivity contribution in [3.63, 3.8) is 0 Å². The first-order valence-corrected chi connectivity index (χ1v) is 15.4. The molecule has 11 heteroatoms. The summed E-state index contributed by atoms with van der Waals surface area (Å²) in [6.45, 7) is 0.888. The number of aromatic nitrogens is 4. The number of rotatable bonds is 9. The number of pyridine rings is 2. The van der Waals surface area contributed by atoms with E-state index in [1.165, 1.54) is 24.3 Å². The van der Waals surface area contributed by atoms with Crippen LogP contribution in [-0.4, -0.2) is 43.3 Å². The van der Waals surface area contributed by atoms with E-state index in [0.717, 1.165) is 18.6 Å². The van der Waals surface area contributed by atoms with Gasteiger partial charge in [-0.2, -0.15) is 0 Å². The highest BCUT2D eigenvalue weighted by atomic mass is 19.1. The van der Waals surface area contributed by atoms with E-state index in [9.17, 15) is 14.3 Å². The van der Waals surface area contributed by atoms with Crippen molar-refractivity contribution in [2.24, 2.45) is 0 Å². The molecule has 1 saturated heterocycles. The van der Waals surface area contributed by atoms with Crippen LogP contribution in [0.5, 0.6) is 5.88 Å². The molecule has 0 spiro atoms. The van der Waals surface area contributed by atoms with E-state index in [2.05, 4.69) is 26.8 Å². The summed E-state index contributed by atoms with van der Waals surface area (Å²) in [5, 5.41) is 9.49. The lowest BCUT2D eigenvalue weighted by Crippen LogP contribution is -2.31.